The molecule has 0 radical (unpaired) electrons. The van der Waals surface area contributed by atoms with E-state index < -0.39 is 0 Å². The first-order chi connectivity index (χ1) is 10.8. The van der Waals surface area contributed by atoms with Crippen LogP contribution in [0.4, 0.5) is 5.69 Å². The standard InChI is InChI=1S/C17H18N2O3/c20-17(8-9-18-14-4-2-1-3-5-14)19-11-13-6-7-15-16(10-13)22-12-21-15/h1-7,10,18H,8-9,11-12H2,(H,19,20). The molecule has 0 aliphatic carbocycles. The van der Waals surface area contributed by atoms with Gasteiger partial charge in [0.25, 0.3) is 0 Å². The van der Waals surface area contributed by atoms with Gasteiger partial charge in [-0.2, -0.15) is 0 Å². The molecule has 3 rings (SSSR count). The van der Waals surface area contributed by atoms with Gasteiger partial charge in [-0.1, -0.05) is 24.3 Å². The normalized spacial score (nSPS) is 12.0. The molecule has 0 saturated carbocycles. The van der Waals surface area contributed by atoms with E-state index >= 15 is 0 Å². The van der Waals surface area contributed by atoms with Gasteiger partial charge in [-0.25, -0.2) is 0 Å². The maximum atomic E-state index is 11.8. The number of fused-ring (bicyclic) bond motifs is 1. The van der Waals surface area contributed by atoms with Crippen molar-refractivity contribution in [2.75, 3.05) is 18.7 Å². The second-order valence-electron chi connectivity index (χ2n) is 5.01. The van der Waals surface area contributed by atoms with Crippen LogP contribution in [-0.2, 0) is 11.3 Å². The van der Waals surface area contributed by atoms with Crippen molar-refractivity contribution in [3.8, 4) is 11.5 Å². The van der Waals surface area contributed by atoms with E-state index in [1.54, 1.807) is 0 Å². The molecule has 114 valence electrons. The Labute approximate surface area is 129 Å². The maximum Gasteiger partial charge on any atom is 0.231 e. The third kappa shape index (κ3) is 3.69. The van der Waals surface area contributed by atoms with E-state index in [1.807, 2.05) is 48.5 Å². The number of carbonyl (C=O) groups excluding carboxylic acids is 1. The predicted molar refractivity (Wildman–Crippen MR) is 84.0 cm³/mol. The number of nitrogens with one attached hydrogen (secondary N) is 2. The third-order valence-electron chi connectivity index (χ3n) is 3.38. The molecule has 0 atom stereocenters. The number of benzene rings is 2. The summed E-state index contributed by atoms with van der Waals surface area (Å²) in [7, 11) is 0. The van der Waals surface area contributed by atoms with E-state index in [0.717, 1.165) is 22.7 Å². The van der Waals surface area contributed by atoms with Crippen molar-refractivity contribution < 1.29 is 14.3 Å². The Kier molecular flexibility index (Phi) is 4.44. The van der Waals surface area contributed by atoms with Gasteiger partial charge in [-0.3, -0.25) is 4.79 Å². The number of rotatable bonds is 6. The van der Waals surface area contributed by atoms with Crippen molar-refractivity contribution in [2.24, 2.45) is 0 Å². The minimum absolute atomic E-state index is 0.0149. The Morgan fingerprint density at radius 1 is 1.05 bits per heavy atom. The van der Waals surface area contributed by atoms with Crippen LogP contribution in [0.5, 0.6) is 11.5 Å². The van der Waals surface area contributed by atoms with Crippen molar-refractivity contribution in [3.05, 3.63) is 54.1 Å². The number of para-hydroxylation sites is 1. The van der Waals surface area contributed by atoms with Crippen LogP contribution in [0.1, 0.15) is 12.0 Å². The van der Waals surface area contributed by atoms with Crippen LogP contribution in [0.15, 0.2) is 48.5 Å². The van der Waals surface area contributed by atoms with E-state index in [0.29, 0.717) is 19.5 Å². The Bertz CT molecular complexity index is 644. The van der Waals surface area contributed by atoms with Gasteiger partial charge in [0.2, 0.25) is 12.7 Å². The Morgan fingerprint density at radius 3 is 2.73 bits per heavy atom. The fraction of sp³-hybridized carbons (Fsp3) is 0.235. The van der Waals surface area contributed by atoms with Gasteiger partial charge in [0.15, 0.2) is 11.5 Å². The summed E-state index contributed by atoms with van der Waals surface area (Å²) in [5, 5.41) is 6.11. The number of hydrogen-bond donors (Lipinski definition) is 2. The van der Waals surface area contributed by atoms with Crippen molar-refractivity contribution >= 4 is 11.6 Å². The molecule has 0 aromatic heterocycles. The lowest BCUT2D eigenvalue weighted by Crippen LogP contribution is -2.24. The molecule has 0 saturated heterocycles. The molecule has 5 nitrogen and oxygen atoms in total. The molecule has 5 heteroatoms. The lowest BCUT2D eigenvalue weighted by molar-refractivity contribution is -0.121. The fourth-order valence-electron chi connectivity index (χ4n) is 2.22. The van der Waals surface area contributed by atoms with Gasteiger partial charge >= 0.3 is 0 Å². The predicted octanol–water partition coefficient (Wildman–Crippen LogP) is 2.53. The molecule has 0 bridgehead atoms. The SMILES string of the molecule is O=C(CCNc1ccccc1)NCc1ccc2c(c1)OCO2. The first kappa shape index (κ1) is 14.3. The molecule has 1 heterocycles. The summed E-state index contributed by atoms with van der Waals surface area (Å²) in [6, 6.07) is 15.5. The van der Waals surface area contributed by atoms with Crippen LogP contribution in [0, 0.1) is 0 Å². The first-order valence-corrected chi connectivity index (χ1v) is 7.25. The summed E-state index contributed by atoms with van der Waals surface area (Å²) in [6.45, 7) is 1.36. The minimum atomic E-state index is 0.0149. The summed E-state index contributed by atoms with van der Waals surface area (Å²) in [6.07, 6.45) is 0.430. The van der Waals surface area contributed by atoms with Gasteiger partial charge in [0, 0.05) is 25.2 Å². The number of ether oxygens (including phenoxy) is 2. The van der Waals surface area contributed by atoms with E-state index in [2.05, 4.69) is 10.6 Å². The van der Waals surface area contributed by atoms with Crippen LogP contribution in [-0.4, -0.2) is 19.2 Å². The molecule has 0 fully saturated rings. The molecule has 22 heavy (non-hydrogen) atoms. The summed E-state index contributed by atoms with van der Waals surface area (Å²) < 4.78 is 10.6. The maximum absolute atomic E-state index is 11.8. The molecular formula is C17H18N2O3. The van der Waals surface area contributed by atoms with Gasteiger partial charge in [-0.15, -0.1) is 0 Å². The number of hydrogen-bond acceptors (Lipinski definition) is 4. The van der Waals surface area contributed by atoms with Crippen molar-refractivity contribution in [2.45, 2.75) is 13.0 Å². The molecule has 0 spiro atoms. The van der Waals surface area contributed by atoms with Crippen LogP contribution in [0.3, 0.4) is 0 Å². The highest BCUT2D eigenvalue weighted by atomic mass is 16.7. The van der Waals surface area contributed by atoms with E-state index in [1.165, 1.54) is 0 Å². The average Bonchev–Trinajstić information content (AvgIpc) is 3.01. The zero-order chi connectivity index (χ0) is 15.2. The van der Waals surface area contributed by atoms with Gasteiger partial charge in [-0.05, 0) is 29.8 Å². The van der Waals surface area contributed by atoms with Crippen LogP contribution in [0.2, 0.25) is 0 Å². The molecule has 2 N–H and O–H groups in total. The molecule has 1 aliphatic heterocycles. The highest BCUT2D eigenvalue weighted by Crippen LogP contribution is 2.32. The van der Waals surface area contributed by atoms with Crippen molar-refractivity contribution in [1.29, 1.82) is 0 Å². The summed E-state index contributed by atoms with van der Waals surface area (Å²) in [5.74, 6) is 1.50. The fourth-order valence-corrected chi connectivity index (χ4v) is 2.22. The molecular weight excluding hydrogens is 280 g/mol. The number of amides is 1. The van der Waals surface area contributed by atoms with Gasteiger partial charge in [0.1, 0.15) is 0 Å². The molecule has 1 aliphatic rings. The lowest BCUT2D eigenvalue weighted by Gasteiger charge is -2.08. The zero-order valence-corrected chi connectivity index (χ0v) is 12.2. The first-order valence-electron chi connectivity index (χ1n) is 7.25. The van der Waals surface area contributed by atoms with E-state index in [-0.39, 0.29) is 12.7 Å². The quantitative estimate of drug-likeness (QED) is 0.860. The highest BCUT2D eigenvalue weighted by Gasteiger charge is 2.13. The molecule has 2 aromatic rings. The minimum Gasteiger partial charge on any atom is -0.454 e. The molecule has 1 amide bonds. The monoisotopic (exact) mass is 298 g/mol. The number of carbonyl (C=O) groups is 1. The third-order valence-corrected chi connectivity index (χ3v) is 3.38. The molecule has 2 aromatic carbocycles. The second kappa shape index (κ2) is 6.85. The summed E-state index contributed by atoms with van der Waals surface area (Å²) in [5.41, 5.74) is 2.01. The Balaban J connectivity index is 1.41. The van der Waals surface area contributed by atoms with Gasteiger partial charge < -0.3 is 20.1 Å². The summed E-state index contributed by atoms with van der Waals surface area (Å²) in [4.78, 5) is 11.8. The van der Waals surface area contributed by atoms with Crippen LogP contribution in [0.25, 0.3) is 0 Å². The van der Waals surface area contributed by atoms with Gasteiger partial charge in [0.05, 0.1) is 0 Å². The zero-order valence-electron chi connectivity index (χ0n) is 12.2. The lowest BCUT2D eigenvalue weighted by atomic mass is 10.2. The van der Waals surface area contributed by atoms with E-state index in [4.69, 9.17) is 9.47 Å². The number of anilines is 1. The van der Waals surface area contributed by atoms with Crippen molar-refractivity contribution in [3.63, 3.8) is 0 Å². The molecule has 0 unspecified atom stereocenters. The van der Waals surface area contributed by atoms with E-state index in [9.17, 15) is 4.79 Å². The average molecular weight is 298 g/mol. The Morgan fingerprint density at radius 2 is 1.86 bits per heavy atom. The smallest absolute Gasteiger partial charge is 0.231 e. The largest absolute Gasteiger partial charge is 0.454 e. The van der Waals surface area contributed by atoms with Crippen LogP contribution >= 0.6 is 0 Å². The summed E-state index contributed by atoms with van der Waals surface area (Å²) >= 11 is 0. The van der Waals surface area contributed by atoms with Crippen molar-refractivity contribution in [1.82, 2.24) is 5.32 Å². The highest BCUT2D eigenvalue weighted by molar-refractivity contribution is 5.76. The second-order valence-corrected chi connectivity index (χ2v) is 5.01. The Hall–Kier alpha value is -2.69. The topological polar surface area (TPSA) is 59.6 Å². The van der Waals surface area contributed by atoms with Crippen LogP contribution < -0.4 is 20.1 Å².